The number of benzene rings is 1. The van der Waals surface area contributed by atoms with Gasteiger partial charge < -0.3 is 14.5 Å². The molecular weight excluding hydrogens is 334 g/mol. The number of hydrogen-bond acceptors (Lipinski definition) is 4. The summed E-state index contributed by atoms with van der Waals surface area (Å²) < 4.78 is 6.15. The van der Waals surface area contributed by atoms with Gasteiger partial charge in [-0.1, -0.05) is 13.0 Å². The van der Waals surface area contributed by atoms with Crippen molar-refractivity contribution in [2.24, 2.45) is 5.41 Å². The maximum absolute atomic E-state index is 6.15. The lowest BCUT2D eigenvalue weighted by Crippen LogP contribution is -2.39. The van der Waals surface area contributed by atoms with Gasteiger partial charge in [-0.05, 0) is 73.5 Å². The molecule has 0 radical (unpaired) electrons. The van der Waals surface area contributed by atoms with Crippen molar-refractivity contribution in [2.45, 2.75) is 39.2 Å². The fourth-order valence-corrected chi connectivity index (χ4v) is 4.29. The number of ether oxygens (including phenoxy) is 1. The monoisotopic (exact) mass is 365 g/mol. The molecule has 2 aliphatic heterocycles. The molecule has 4 heteroatoms. The number of anilines is 1. The third-order valence-electron chi connectivity index (χ3n) is 6.35. The highest BCUT2D eigenvalue weighted by molar-refractivity contribution is 5.45. The van der Waals surface area contributed by atoms with Crippen LogP contribution >= 0.6 is 0 Å². The topological polar surface area (TPSA) is 28.6 Å². The van der Waals surface area contributed by atoms with Crippen molar-refractivity contribution in [3.05, 3.63) is 53.9 Å². The molecule has 0 aliphatic carbocycles. The number of aromatic nitrogens is 1. The van der Waals surface area contributed by atoms with Gasteiger partial charge >= 0.3 is 0 Å². The van der Waals surface area contributed by atoms with Crippen molar-refractivity contribution >= 4 is 5.69 Å². The summed E-state index contributed by atoms with van der Waals surface area (Å²) in [6.45, 7) is 7.65. The molecule has 1 saturated heterocycles. The molecule has 0 saturated carbocycles. The largest absolute Gasteiger partial charge is 0.494 e. The van der Waals surface area contributed by atoms with Crippen molar-refractivity contribution in [1.29, 1.82) is 0 Å². The molecule has 0 N–H and O–H groups in total. The Hall–Kier alpha value is -2.07. The number of likely N-dealkylation sites (N-methyl/N-ethyl adjacent to an activating group) is 1. The van der Waals surface area contributed by atoms with Crippen molar-refractivity contribution in [2.75, 3.05) is 38.2 Å². The van der Waals surface area contributed by atoms with E-state index in [1.165, 1.54) is 29.7 Å². The second-order valence-electron chi connectivity index (χ2n) is 8.52. The third kappa shape index (κ3) is 4.44. The van der Waals surface area contributed by atoms with E-state index >= 15 is 0 Å². The van der Waals surface area contributed by atoms with E-state index in [1.807, 2.05) is 12.4 Å². The molecule has 2 aliphatic rings. The molecule has 1 aromatic carbocycles. The van der Waals surface area contributed by atoms with Gasteiger partial charge in [-0.15, -0.1) is 0 Å². The smallest absolute Gasteiger partial charge is 0.119 e. The van der Waals surface area contributed by atoms with E-state index < -0.39 is 0 Å². The van der Waals surface area contributed by atoms with Gasteiger partial charge in [-0.2, -0.15) is 0 Å². The van der Waals surface area contributed by atoms with Gasteiger partial charge in [0.05, 0.1) is 6.61 Å². The number of piperidine rings is 1. The molecular formula is C23H31N3O. The fourth-order valence-electron chi connectivity index (χ4n) is 4.29. The number of fused-ring (bicyclic) bond motifs is 1. The Morgan fingerprint density at radius 1 is 1.04 bits per heavy atom. The first kappa shape index (κ1) is 18.3. The van der Waals surface area contributed by atoms with Gasteiger partial charge in [0.1, 0.15) is 5.75 Å². The van der Waals surface area contributed by atoms with E-state index in [2.05, 4.69) is 59.1 Å². The molecule has 2 aromatic rings. The highest BCUT2D eigenvalue weighted by atomic mass is 16.5. The zero-order valence-electron chi connectivity index (χ0n) is 16.7. The standard InChI is InChI=1S/C23H31N3O/c1-23(8-14-26(15-9-23)21-5-11-24-12-6-21)10-16-27-22-4-3-19-7-13-25(2)18-20(19)17-22/h3-6,11-12,17H,7-10,13-16,18H2,1-2H3. The summed E-state index contributed by atoms with van der Waals surface area (Å²) in [6, 6.07) is 10.9. The summed E-state index contributed by atoms with van der Waals surface area (Å²) in [5.74, 6) is 1.03. The zero-order valence-corrected chi connectivity index (χ0v) is 16.7. The molecule has 27 heavy (non-hydrogen) atoms. The maximum Gasteiger partial charge on any atom is 0.119 e. The highest BCUT2D eigenvalue weighted by Gasteiger charge is 2.30. The Morgan fingerprint density at radius 2 is 1.81 bits per heavy atom. The molecule has 3 heterocycles. The Balaban J connectivity index is 1.28. The van der Waals surface area contributed by atoms with Crippen LogP contribution in [0.3, 0.4) is 0 Å². The predicted octanol–water partition coefficient (Wildman–Crippen LogP) is 4.15. The molecule has 4 rings (SSSR count). The summed E-state index contributed by atoms with van der Waals surface area (Å²) in [4.78, 5) is 8.98. The number of rotatable bonds is 5. The minimum Gasteiger partial charge on any atom is -0.494 e. The first-order valence-electron chi connectivity index (χ1n) is 10.2. The Labute approximate surface area is 163 Å². The molecule has 0 amide bonds. The van der Waals surface area contributed by atoms with Crippen LogP contribution in [0.25, 0.3) is 0 Å². The predicted molar refractivity (Wildman–Crippen MR) is 110 cm³/mol. The lowest BCUT2D eigenvalue weighted by molar-refractivity contribution is 0.175. The van der Waals surface area contributed by atoms with E-state index in [-0.39, 0.29) is 0 Å². The Kier molecular flexibility index (Phi) is 5.35. The van der Waals surface area contributed by atoms with E-state index in [0.29, 0.717) is 5.41 Å². The van der Waals surface area contributed by atoms with Crippen molar-refractivity contribution in [3.63, 3.8) is 0 Å². The van der Waals surface area contributed by atoms with Crippen LogP contribution in [0.1, 0.15) is 37.3 Å². The van der Waals surface area contributed by atoms with Crippen LogP contribution < -0.4 is 9.64 Å². The Morgan fingerprint density at radius 3 is 2.59 bits per heavy atom. The van der Waals surface area contributed by atoms with Crippen LogP contribution in [-0.4, -0.2) is 43.2 Å². The molecule has 0 unspecified atom stereocenters. The van der Waals surface area contributed by atoms with E-state index in [0.717, 1.165) is 51.4 Å². The van der Waals surface area contributed by atoms with Gasteiger partial charge in [0.2, 0.25) is 0 Å². The normalized spacial score (nSPS) is 19.6. The first-order valence-corrected chi connectivity index (χ1v) is 10.2. The quantitative estimate of drug-likeness (QED) is 0.796. The van der Waals surface area contributed by atoms with Gasteiger partial charge in [0, 0.05) is 44.3 Å². The molecule has 1 aromatic heterocycles. The summed E-state index contributed by atoms with van der Waals surface area (Å²) in [6.07, 6.45) is 8.47. The number of pyridine rings is 1. The van der Waals surface area contributed by atoms with Crippen LogP contribution in [0.15, 0.2) is 42.7 Å². The third-order valence-corrected chi connectivity index (χ3v) is 6.35. The molecule has 0 bridgehead atoms. The first-order chi connectivity index (χ1) is 13.1. The van der Waals surface area contributed by atoms with Gasteiger partial charge in [0.25, 0.3) is 0 Å². The van der Waals surface area contributed by atoms with Gasteiger partial charge in [-0.3, -0.25) is 4.98 Å². The summed E-state index contributed by atoms with van der Waals surface area (Å²) >= 11 is 0. The van der Waals surface area contributed by atoms with Crippen LogP contribution in [0.4, 0.5) is 5.69 Å². The van der Waals surface area contributed by atoms with Crippen LogP contribution in [0, 0.1) is 5.41 Å². The molecule has 4 nitrogen and oxygen atoms in total. The average Bonchev–Trinajstić information content (AvgIpc) is 2.69. The van der Waals surface area contributed by atoms with Crippen molar-refractivity contribution < 1.29 is 4.74 Å². The second kappa shape index (κ2) is 7.89. The SMILES string of the molecule is CN1CCc2ccc(OCCC3(C)CCN(c4ccncc4)CC3)cc2C1. The number of nitrogens with zero attached hydrogens (tertiary/aromatic N) is 3. The Bertz CT molecular complexity index is 753. The summed E-state index contributed by atoms with van der Waals surface area (Å²) in [5, 5.41) is 0. The number of hydrogen-bond donors (Lipinski definition) is 0. The minimum atomic E-state index is 0.373. The molecule has 144 valence electrons. The van der Waals surface area contributed by atoms with Crippen LogP contribution in [0.5, 0.6) is 5.75 Å². The fraction of sp³-hybridized carbons (Fsp3) is 0.522. The lowest BCUT2D eigenvalue weighted by Gasteiger charge is -2.40. The summed E-state index contributed by atoms with van der Waals surface area (Å²) in [5.41, 5.74) is 4.58. The van der Waals surface area contributed by atoms with Crippen molar-refractivity contribution in [3.8, 4) is 5.75 Å². The van der Waals surface area contributed by atoms with Gasteiger partial charge in [-0.25, -0.2) is 0 Å². The van der Waals surface area contributed by atoms with Crippen LogP contribution in [0.2, 0.25) is 0 Å². The second-order valence-corrected chi connectivity index (χ2v) is 8.52. The zero-order chi connectivity index (χ0) is 18.7. The molecule has 0 spiro atoms. The van der Waals surface area contributed by atoms with Gasteiger partial charge in [0.15, 0.2) is 0 Å². The van der Waals surface area contributed by atoms with Crippen molar-refractivity contribution in [1.82, 2.24) is 9.88 Å². The molecule has 0 atom stereocenters. The highest BCUT2D eigenvalue weighted by Crippen LogP contribution is 2.36. The maximum atomic E-state index is 6.15. The minimum absolute atomic E-state index is 0.373. The van der Waals surface area contributed by atoms with E-state index in [4.69, 9.17) is 4.74 Å². The van der Waals surface area contributed by atoms with E-state index in [9.17, 15) is 0 Å². The molecule has 1 fully saturated rings. The lowest BCUT2D eigenvalue weighted by atomic mass is 9.78. The van der Waals surface area contributed by atoms with Crippen LogP contribution in [-0.2, 0) is 13.0 Å². The summed E-state index contributed by atoms with van der Waals surface area (Å²) in [7, 11) is 2.19. The average molecular weight is 366 g/mol. The van der Waals surface area contributed by atoms with E-state index in [1.54, 1.807) is 0 Å².